The maximum Gasteiger partial charge on any atom is 0.120 e. The number of hydrogen-bond donors (Lipinski definition) is 1. The van der Waals surface area contributed by atoms with E-state index in [4.69, 9.17) is 16.3 Å². The zero-order valence-corrected chi connectivity index (χ0v) is 14.0. The van der Waals surface area contributed by atoms with Crippen molar-refractivity contribution >= 4 is 11.6 Å². The number of benzene rings is 1. The minimum absolute atomic E-state index is 0.275. The molecule has 1 N–H and O–H groups in total. The molecule has 114 valence electrons. The lowest BCUT2D eigenvalue weighted by Crippen LogP contribution is -2.19. The lowest BCUT2D eigenvalue weighted by atomic mass is 10.1. The Morgan fingerprint density at radius 1 is 1.25 bits per heavy atom. The van der Waals surface area contributed by atoms with Crippen LogP contribution in [0.25, 0.3) is 0 Å². The molecular weight excluding hydrogens is 270 g/mol. The van der Waals surface area contributed by atoms with Crippen molar-refractivity contribution in [2.45, 2.75) is 53.0 Å². The Kier molecular flexibility index (Phi) is 8.01. The van der Waals surface area contributed by atoms with Crippen LogP contribution >= 0.6 is 11.6 Å². The van der Waals surface area contributed by atoms with Gasteiger partial charge in [0.25, 0.3) is 0 Å². The van der Waals surface area contributed by atoms with Crippen molar-refractivity contribution < 1.29 is 4.74 Å². The first-order valence-corrected chi connectivity index (χ1v) is 8.08. The summed E-state index contributed by atoms with van der Waals surface area (Å²) in [4.78, 5) is 0. The third kappa shape index (κ3) is 6.15. The van der Waals surface area contributed by atoms with E-state index in [-0.39, 0.29) is 6.04 Å². The first-order valence-electron chi connectivity index (χ1n) is 7.70. The molecule has 0 saturated heterocycles. The summed E-state index contributed by atoms with van der Waals surface area (Å²) in [6.07, 6.45) is 3.41. The van der Waals surface area contributed by atoms with Gasteiger partial charge in [-0.3, -0.25) is 0 Å². The third-order valence-electron chi connectivity index (χ3n) is 3.33. The molecule has 1 aromatic carbocycles. The van der Waals surface area contributed by atoms with Crippen molar-refractivity contribution in [1.82, 2.24) is 5.32 Å². The molecule has 0 bridgehead atoms. The average molecular weight is 298 g/mol. The Hall–Kier alpha value is -0.730. The van der Waals surface area contributed by atoms with E-state index >= 15 is 0 Å². The van der Waals surface area contributed by atoms with E-state index in [9.17, 15) is 0 Å². The number of rotatable bonds is 9. The SMILES string of the molecule is CCCNC(C)c1ccc(OCCCC(C)C)cc1Cl. The minimum atomic E-state index is 0.275. The van der Waals surface area contributed by atoms with Crippen LogP contribution in [0.2, 0.25) is 5.02 Å². The van der Waals surface area contributed by atoms with Crippen LogP contribution in [0.4, 0.5) is 0 Å². The topological polar surface area (TPSA) is 21.3 Å². The summed E-state index contributed by atoms with van der Waals surface area (Å²) in [6.45, 7) is 10.5. The van der Waals surface area contributed by atoms with Crippen LogP contribution in [-0.2, 0) is 0 Å². The normalized spacial score (nSPS) is 12.7. The molecule has 0 fully saturated rings. The standard InChI is InChI=1S/C17H28ClNO/c1-5-10-19-14(4)16-9-8-15(12-17(16)18)20-11-6-7-13(2)3/h8-9,12-14,19H,5-7,10-11H2,1-4H3. The zero-order chi connectivity index (χ0) is 15.0. The van der Waals surface area contributed by atoms with Gasteiger partial charge >= 0.3 is 0 Å². The molecule has 0 aliphatic heterocycles. The minimum Gasteiger partial charge on any atom is -0.494 e. The highest BCUT2D eigenvalue weighted by Crippen LogP contribution is 2.27. The van der Waals surface area contributed by atoms with E-state index in [0.717, 1.165) is 48.2 Å². The lowest BCUT2D eigenvalue weighted by molar-refractivity contribution is 0.297. The molecule has 3 heteroatoms. The number of nitrogens with one attached hydrogen (secondary N) is 1. The molecule has 0 aliphatic rings. The van der Waals surface area contributed by atoms with Crippen molar-refractivity contribution in [2.75, 3.05) is 13.2 Å². The zero-order valence-electron chi connectivity index (χ0n) is 13.2. The molecule has 0 amide bonds. The second-order valence-electron chi connectivity index (χ2n) is 5.74. The van der Waals surface area contributed by atoms with Crippen molar-refractivity contribution in [3.8, 4) is 5.75 Å². The Labute approximate surface area is 128 Å². The van der Waals surface area contributed by atoms with Crippen molar-refractivity contribution in [1.29, 1.82) is 0 Å². The van der Waals surface area contributed by atoms with Gasteiger partial charge in [0.05, 0.1) is 6.61 Å². The molecule has 0 radical (unpaired) electrons. The predicted octanol–water partition coefficient (Wildman–Crippen LogP) is 5.22. The van der Waals surface area contributed by atoms with Gasteiger partial charge in [0, 0.05) is 11.1 Å². The Morgan fingerprint density at radius 3 is 2.60 bits per heavy atom. The number of ether oxygens (including phenoxy) is 1. The second kappa shape index (κ2) is 9.25. The van der Waals surface area contributed by atoms with E-state index < -0.39 is 0 Å². The van der Waals surface area contributed by atoms with Crippen molar-refractivity contribution in [3.63, 3.8) is 0 Å². The molecule has 0 aromatic heterocycles. The van der Waals surface area contributed by atoms with Crippen LogP contribution in [0.15, 0.2) is 18.2 Å². The third-order valence-corrected chi connectivity index (χ3v) is 3.66. The summed E-state index contributed by atoms with van der Waals surface area (Å²) in [5.41, 5.74) is 1.13. The largest absolute Gasteiger partial charge is 0.494 e. The van der Waals surface area contributed by atoms with E-state index in [1.165, 1.54) is 6.42 Å². The highest BCUT2D eigenvalue weighted by Gasteiger charge is 2.09. The van der Waals surface area contributed by atoms with Gasteiger partial charge in [-0.15, -0.1) is 0 Å². The molecule has 20 heavy (non-hydrogen) atoms. The van der Waals surface area contributed by atoms with Gasteiger partial charge in [-0.05, 0) is 56.3 Å². The van der Waals surface area contributed by atoms with Gasteiger partial charge in [-0.2, -0.15) is 0 Å². The average Bonchev–Trinajstić information content (AvgIpc) is 2.41. The summed E-state index contributed by atoms with van der Waals surface area (Å²) in [6, 6.07) is 6.28. The van der Waals surface area contributed by atoms with Crippen LogP contribution in [0.5, 0.6) is 5.75 Å². The van der Waals surface area contributed by atoms with Gasteiger partial charge in [0.1, 0.15) is 5.75 Å². The Bertz CT molecular complexity index is 393. The summed E-state index contributed by atoms with van der Waals surface area (Å²) in [7, 11) is 0. The van der Waals surface area contributed by atoms with Gasteiger partial charge in [0.15, 0.2) is 0 Å². The molecule has 1 rings (SSSR count). The molecule has 1 unspecified atom stereocenters. The first kappa shape index (κ1) is 17.3. The van der Waals surface area contributed by atoms with E-state index in [2.05, 4.69) is 39.1 Å². The molecule has 1 aromatic rings. The molecular formula is C17H28ClNO. The quantitative estimate of drug-likeness (QED) is 0.631. The van der Waals surface area contributed by atoms with E-state index in [1.807, 2.05) is 12.1 Å². The van der Waals surface area contributed by atoms with E-state index in [1.54, 1.807) is 0 Å². The number of halogens is 1. The first-order chi connectivity index (χ1) is 9.54. The Balaban J connectivity index is 2.50. The highest BCUT2D eigenvalue weighted by molar-refractivity contribution is 6.31. The predicted molar refractivity (Wildman–Crippen MR) is 87.7 cm³/mol. The molecule has 0 saturated carbocycles. The number of hydrogen-bond acceptors (Lipinski definition) is 2. The van der Waals surface area contributed by atoms with Crippen LogP contribution in [-0.4, -0.2) is 13.2 Å². The summed E-state index contributed by atoms with van der Waals surface area (Å²) in [5.74, 6) is 1.60. The fourth-order valence-electron chi connectivity index (χ4n) is 2.10. The van der Waals surface area contributed by atoms with Gasteiger partial charge in [-0.25, -0.2) is 0 Å². The summed E-state index contributed by atoms with van der Waals surface area (Å²) < 4.78 is 5.75. The molecule has 0 spiro atoms. The van der Waals surface area contributed by atoms with Gasteiger partial charge in [-0.1, -0.05) is 38.4 Å². The van der Waals surface area contributed by atoms with Crippen LogP contribution in [0, 0.1) is 5.92 Å². The van der Waals surface area contributed by atoms with Gasteiger partial charge in [0.2, 0.25) is 0 Å². The van der Waals surface area contributed by atoms with Gasteiger partial charge < -0.3 is 10.1 Å². The fourth-order valence-corrected chi connectivity index (χ4v) is 2.44. The van der Waals surface area contributed by atoms with Crippen LogP contribution in [0.3, 0.4) is 0 Å². The van der Waals surface area contributed by atoms with Crippen molar-refractivity contribution in [3.05, 3.63) is 28.8 Å². The molecule has 1 atom stereocenters. The van der Waals surface area contributed by atoms with Crippen molar-refractivity contribution in [2.24, 2.45) is 5.92 Å². The maximum atomic E-state index is 6.35. The second-order valence-corrected chi connectivity index (χ2v) is 6.15. The molecule has 0 heterocycles. The highest BCUT2D eigenvalue weighted by atomic mass is 35.5. The van der Waals surface area contributed by atoms with E-state index in [0.29, 0.717) is 0 Å². The molecule has 2 nitrogen and oxygen atoms in total. The fraction of sp³-hybridized carbons (Fsp3) is 0.647. The summed E-state index contributed by atoms with van der Waals surface area (Å²) in [5, 5.41) is 4.23. The summed E-state index contributed by atoms with van der Waals surface area (Å²) >= 11 is 6.35. The monoisotopic (exact) mass is 297 g/mol. The maximum absolute atomic E-state index is 6.35. The smallest absolute Gasteiger partial charge is 0.120 e. The Morgan fingerprint density at radius 2 is 2.00 bits per heavy atom. The van der Waals surface area contributed by atoms with Crippen LogP contribution in [0.1, 0.15) is 58.6 Å². The molecule has 0 aliphatic carbocycles. The lowest BCUT2D eigenvalue weighted by Gasteiger charge is -2.16. The van der Waals surface area contributed by atoms with Crippen LogP contribution < -0.4 is 10.1 Å².